The molecule has 2 aliphatic rings. The maximum atomic E-state index is 12.7. The number of hydrogen-bond acceptors (Lipinski definition) is 2. The second kappa shape index (κ2) is 7.98. The van der Waals surface area contributed by atoms with Crippen molar-refractivity contribution in [2.75, 3.05) is 19.6 Å². The first kappa shape index (κ1) is 17.3. The van der Waals surface area contributed by atoms with E-state index in [2.05, 4.69) is 25.7 Å². The molecule has 4 nitrogen and oxygen atoms in total. The van der Waals surface area contributed by atoms with Crippen molar-refractivity contribution in [3.05, 3.63) is 0 Å². The Bertz CT molecular complexity index is 391. The van der Waals surface area contributed by atoms with Crippen LogP contribution in [0.2, 0.25) is 0 Å². The number of nitrogens with zero attached hydrogens (tertiary/aromatic N) is 2. The summed E-state index contributed by atoms with van der Waals surface area (Å²) >= 11 is 0. The minimum absolute atomic E-state index is 0.0316. The Morgan fingerprint density at radius 1 is 1.05 bits per heavy atom. The van der Waals surface area contributed by atoms with E-state index in [0.717, 1.165) is 58.2 Å². The molecule has 2 amide bonds. The lowest BCUT2D eigenvalue weighted by atomic mass is 9.99. The van der Waals surface area contributed by atoms with Crippen molar-refractivity contribution in [3.63, 3.8) is 0 Å². The minimum Gasteiger partial charge on any atom is -0.342 e. The van der Waals surface area contributed by atoms with Crippen molar-refractivity contribution in [1.82, 2.24) is 9.80 Å². The fraction of sp³-hybridized carbons (Fsp3) is 0.889. The smallest absolute Gasteiger partial charge is 0.226 e. The van der Waals surface area contributed by atoms with E-state index in [1.54, 1.807) is 0 Å². The van der Waals surface area contributed by atoms with Crippen molar-refractivity contribution in [2.45, 2.75) is 71.8 Å². The van der Waals surface area contributed by atoms with Gasteiger partial charge in [0.25, 0.3) is 0 Å². The first-order valence-corrected chi connectivity index (χ1v) is 9.23. The van der Waals surface area contributed by atoms with E-state index in [9.17, 15) is 9.59 Å². The summed E-state index contributed by atoms with van der Waals surface area (Å²) in [6.07, 6.45) is 7.26. The molecule has 0 aromatic carbocycles. The molecule has 4 heteroatoms. The van der Waals surface area contributed by atoms with Gasteiger partial charge in [0, 0.05) is 25.7 Å². The first-order chi connectivity index (χ1) is 10.6. The van der Waals surface area contributed by atoms with Crippen LogP contribution in [0.3, 0.4) is 0 Å². The van der Waals surface area contributed by atoms with Crippen LogP contribution in [0.25, 0.3) is 0 Å². The first-order valence-electron chi connectivity index (χ1n) is 9.23. The van der Waals surface area contributed by atoms with Gasteiger partial charge in [-0.05, 0) is 44.9 Å². The average molecular weight is 308 g/mol. The van der Waals surface area contributed by atoms with Crippen LogP contribution in [0.4, 0.5) is 0 Å². The van der Waals surface area contributed by atoms with Gasteiger partial charge in [-0.25, -0.2) is 0 Å². The molecule has 3 unspecified atom stereocenters. The van der Waals surface area contributed by atoms with E-state index in [1.165, 1.54) is 6.42 Å². The molecular formula is C18H32N2O2. The van der Waals surface area contributed by atoms with Crippen molar-refractivity contribution in [3.8, 4) is 0 Å². The molecule has 0 aromatic heterocycles. The van der Waals surface area contributed by atoms with E-state index in [-0.39, 0.29) is 23.7 Å². The third-order valence-electron chi connectivity index (χ3n) is 5.11. The van der Waals surface area contributed by atoms with Gasteiger partial charge in [0.2, 0.25) is 11.8 Å². The molecule has 22 heavy (non-hydrogen) atoms. The zero-order valence-corrected chi connectivity index (χ0v) is 14.5. The van der Waals surface area contributed by atoms with Gasteiger partial charge >= 0.3 is 0 Å². The highest BCUT2D eigenvalue weighted by molar-refractivity contribution is 5.92. The van der Waals surface area contributed by atoms with E-state index >= 15 is 0 Å². The summed E-state index contributed by atoms with van der Waals surface area (Å²) in [5.41, 5.74) is 0. The Labute approximate surface area is 135 Å². The lowest BCUT2D eigenvalue weighted by Gasteiger charge is -2.35. The highest BCUT2D eigenvalue weighted by Crippen LogP contribution is 2.42. The third-order valence-corrected chi connectivity index (χ3v) is 5.11. The molecule has 2 fully saturated rings. The zero-order valence-electron chi connectivity index (χ0n) is 14.5. The molecule has 0 radical (unpaired) electrons. The normalized spacial score (nSPS) is 27.6. The average Bonchev–Trinajstić information content (AvgIpc) is 3.34. The highest BCUT2D eigenvalue weighted by Gasteiger charge is 2.51. The molecule has 126 valence electrons. The molecule has 1 saturated heterocycles. The SMILES string of the molecule is CCCN(CCC)C(=O)C1CC1C(=O)N1CCCCC1CC. The maximum absolute atomic E-state index is 12.7. The lowest BCUT2D eigenvalue weighted by molar-refractivity contribution is -0.140. The molecule has 3 atom stereocenters. The summed E-state index contributed by atoms with van der Waals surface area (Å²) in [5.74, 6) is 0.394. The largest absolute Gasteiger partial charge is 0.342 e. The molecule has 1 heterocycles. The van der Waals surface area contributed by atoms with Crippen molar-refractivity contribution in [2.24, 2.45) is 11.8 Å². The van der Waals surface area contributed by atoms with Crippen LogP contribution in [-0.2, 0) is 9.59 Å². The van der Waals surface area contributed by atoms with E-state index in [1.807, 2.05) is 4.90 Å². The summed E-state index contributed by atoms with van der Waals surface area (Å²) in [7, 11) is 0. The lowest BCUT2D eigenvalue weighted by Crippen LogP contribution is -2.45. The summed E-state index contributed by atoms with van der Waals surface area (Å²) < 4.78 is 0. The van der Waals surface area contributed by atoms with Gasteiger partial charge in [0.1, 0.15) is 0 Å². The molecule has 0 N–H and O–H groups in total. The van der Waals surface area contributed by atoms with Crippen molar-refractivity contribution in [1.29, 1.82) is 0 Å². The van der Waals surface area contributed by atoms with Crippen LogP contribution in [0.15, 0.2) is 0 Å². The van der Waals surface area contributed by atoms with Gasteiger partial charge in [-0.15, -0.1) is 0 Å². The third kappa shape index (κ3) is 3.82. The highest BCUT2D eigenvalue weighted by atomic mass is 16.2. The Balaban J connectivity index is 1.92. The predicted octanol–water partition coefficient (Wildman–Crippen LogP) is 3.06. The number of rotatable bonds is 7. The van der Waals surface area contributed by atoms with E-state index in [0.29, 0.717) is 6.04 Å². The topological polar surface area (TPSA) is 40.6 Å². The van der Waals surface area contributed by atoms with Gasteiger partial charge in [-0.2, -0.15) is 0 Å². The summed E-state index contributed by atoms with van der Waals surface area (Å²) in [6.45, 7) is 8.91. The van der Waals surface area contributed by atoms with Crippen LogP contribution >= 0.6 is 0 Å². The van der Waals surface area contributed by atoms with Gasteiger partial charge in [-0.1, -0.05) is 20.8 Å². The predicted molar refractivity (Wildman–Crippen MR) is 88.4 cm³/mol. The zero-order chi connectivity index (χ0) is 16.1. The Kier molecular flexibility index (Phi) is 6.27. The molecule has 2 rings (SSSR count). The monoisotopic (exact) mass is 308 g/mol. The number of carbonyl (C=O) groups excluding carboxylic acids is 2. The Morgan fingerprint density at radius 2 is 1.73 bits per heavy atom. The molecule has 0 spiro atoms. The number of carbonyl (C=O) groups is 2. The van der Waals surface area contributed by atoms with Crippen molar-refractivity contribution >= 4 is 11.8 Å². The molecule has 0 aromatic rings. The fourth-order valence-electron chi connectivity index (χ4n) is 3.78. The van der Waals surface area contributed by atoms with Crippen molar-refractivity contribution < 1.29 is 9.59 Å². The second-order valence-corrected chi connectivity index (χ2v) is 6.86. The standard InChI is InChI=1S/C18H32N2O2/c1-4-10-19(11-5-2)17(21)15-13-16(15)18(22)20-12-8-7-9-14(20)6-3/h14-16H,4-13H2,1-3H3. The summed E-state index contributed by atoms with van der Waals surface area (Å²) in [5, 5.41) is 0. The number of amides is 2. The Hall–Kier alpha value is -1.06. The maximum Gasteiger partial charge on any atom is 0.226 e. The van der Waals surface area contributed by atoms with Crippen LogP contribution in [0.1, 0.15) is 65.7 Å². The van der Waals surface area contributed by atoms with Crippen LogP contribution in [0.5, 0.6) is 0 Å². The fourth-order valence-corrected chi connectivity index (χ4v) is 3.78. The van der Waals surface area contributed by atoms with Crippen LogP contribution in [-0.4, -0.2) is 47.3 Å². The van der Waals surface area contributed by atoms with Crippen LogP contribution < -0.4 is 0 Å². The van der Waals surface area contributed by atoms with Gasteiger partial charge < -0.3 is 9.80 Å². The summed E-state index contributed by atoms with van der Waals surface area (Å²) in [6, 6.07) is 0.403. The quantitative estimate of drug-likeness (QED) is 0.725. The van der Waals surface area contributed by atoms with Gasteiger partial charge in [0.05, 0.1) is 11.8 Å². The van der Waals surface area contributed by atoms with E-state index < -0.39 is 0 Å². The Morgan fingerprint density at radius 3 is 2.32 bits per heavy atom. The number of piperidine rings is 1. The molecule has 0 bridgehead atoms. The molecule has 1 aliphatic heterocycles. The second-order valence-electron chi connectivity index (χ2n) is 6.86. The van der Waals surface area contributed by atoms with Crippen LogP contribution in [0, 0.1) is 11.8 Å². The molecular weight excluding hydrogens is 276 g/mol. The summed E-state index contributed by atoms with van der Waals surface area (Å²) in [4.78, 5) is 29.4. The van der Waals surface area contributed by atoms with Gasteiger partial charge in [0.15, 0.2) is 0 Å². The minimum atomic E-state index is -0.0370. The molecule has 1 saturated carbocycles. The number of likely N-dealkylation sites (tertiary alicyclic amines) is 1. The van der Waals surface area contributed by atoms with E-state index in [4.69, 9.17) is 0 Å². The molecule has 1 aliphatic carbocycles. The van der Waals surface area contributed by atoms with Gasteiger partial charge in [-0.3, -0.25) is 9.59 Å². The number of hydrogen-bond donors (Lipinski definition) is 0.